The highest BCUT2D eigenvalue weighted by molar-refractivity contribution is 6.35. The van der Waals surface area contributed by atoms with Crippen LogP contribution in [0.15, 0.2) is 523 Å². The van der Waals surface area contributed by atoms with Gasteiger partial charge in [0.25, 0.3) is 0 Å². The standard InChI is InChI=1S/3C46H28N2O/c1-2-11-29(12-3-1)32-15-10-16-33(27-32)47-39-19-8-6-18-37(39)43-40(47)26-24-38-44-41(25-23-36-35-17-7-9-20-42(35)49-46(36)44)48(45(38)43)34-22-21-30-13-4-5-14-31(30)28-34;1-2-10-29(11-3-1)31-18-21-33(22-19-31)48-41-26-24-36-35-14-7-9-17-42(35)49-46(36)44(41)38-25-27-40-43(45(38)48)37-15-6-8-16-39(37)47(40)34-23-20-30-12-4-5-13-32(30)28-34;1-2-10-29(11-3-1)31-18-21-33(22-19-31)47-39-16-8-6-15-37(39)43-40(47)27-25-38-44-41(26-24-36-35-14-7-9-17-42(35)49-46(36)44)48(45(38)43)34-23-20-30-12-4-5-13-32(30)28-34/h3*1-28H. The number of benzene rings is 24. The van der Waals surface area contributed by atoms with Gasteiger partial charge in [-0.2, -0.15) is 0 Å². The van der Waals surface area contributed by atoms with E-state index < -0.39 is 0 Å². The zero-order chi connectivity index (χ0) is 96.2. The van der Waals surface area contributed by atoms with Crippen LogP contribution in [0.2, 0.25) is 0 Å². The fraction of sp³-hybridized carbons (Fsp3) is 0. The number of hydrogen-bond acceptors (Lipinski definition) is 3. The number of hydrogen-bond donors (Lipinski definition) is 0. The third-order valence-electron chi connectivity index (χ3n) is 30.9. The summed E-state index contributed by atoms with van der Waals surface area (Å²) in [6.45, 7) is 0. The topological polar surface area (TPSA) is 69.0 Å². The maximum Gasteiger partial charge on any atom is 0.145 e. The molecule has 0 unspecified atom stereocenters. The number of furan rings is 3. The van der Waals surface area contributed by atoms with Gasteiger partial charge in [-0.3, -0.25) is 0 Å². The summed E-state index contributed by atoms with van der Waals surface area (Å²) in [5.74, 6) is 0. The smallest absolute Gasteiger partial charge is 0.145 e. The first-order valence-electron chi connectivity index (χ1n) is 50.3. The van der Waals surface area contributed by atoms with Gasteiger partial charge in [0.15, 0.2) is 0 Å². The van der Waals surface area contributed by atoms with E-state index in [-0.39, 0.29) is 0 Å². The Morgan fingerprint density at radius 3 is 0.728 bits per heavy atom. The van der Waals surface area contributed by atoms with Crippen LogP contribution in [-0.4, -0.2) is 27.4 Å². The molecule has 33 aromatic rings. The van der Waals surface area contributed by atoms with E-state index in [0.717, 1.165) is 133 Å². The summed E-state index contributed by atoms with van der Waals surface area (Å²) >= 11 is 0. The Labute approximate surface area is 840 Å². The third-order valence-corrected chi connectivity index (χ3v) is 30.9. The van der Waals surface area contributed by atoms with Gasteiger partial charge in [-0.15, -0.1) is 0 Å². The highest BCUT2D eigenvalue weighted by Crippen LogP contribution is 2.52. The quantitative estimate of drug-likeness (QED) is 0.145. The van der Waals surface area contributed by atoms with Gasteiger partial charge in [-0.1, -0.05) is 328 Å². The van der Waals surface area contributed by atoms with Crippen LogP contribution in [0.5, 0.6) is 0 Å². The summed E-state index contributed by atoms with van der Waals surface area (Å²) in [6.07, 6.45) is 0. The van der Waals surface area contributed by atoms with Crippen LogP contribution in [-0.2, 0) is 0 Å². The second-order valence-electron chi connectivity index (χ2n) is 38.8. The Balaban J connectivity index is 0.0000000999. The highest BCUT2D eigenvalue weighted by Gasteiger charge is 2.30. The van der Waals surface area contributed by atoms with E-state index in [4.69, 9.17) is 13.3 Å². The van der Waals surface area contributed by atoms with Gasteiger partial charge in [-0.25, -0.2) is 0 Å². The fourth-order valence-corrected chi connectivity index (χ4v) is 24.4. The Bertz CT molecular complexity index is 11300. The van der Waals surface area contributed by atoms with Crippen molar-refractivity contribution in [2.75, 3.05) is 0 Å². The van der Waals surface area contributed by atoms with E-state index in [1.165, 1.54) is 164 Å². The lowest BCUT2D eigenvalue weighted by Gasteiger charge is -2.12. The molecule has 33 rings (SSSR count). The first-order chi connectivity index (χ1) is 72.9. The average Bonchev–Trinajstić information content (AvgIpc) is 1.54. The van der Waals surface area contributed by atoms with E-state index in [1.54, 1.807) is 0 Å². The molecular weight excluding hydrogens is 1790 g/mol. The number of fused-ring (bicyclic) bond motifs is 36. The van der Waals surface area contributed by atoms with Gasteiger partial charge in [0.1, 0.15) is 33.5 Å². The van der Waals surface area contributed by atoms with E-state index in [1.807, 2.05) is 18.2 Å². The van der Waals surface area contributed by atoms with Gasteiger partial charge < -0.3 is 40.7 Å². The molecular formula is C138H84N6O3. The normalized spacial score (nSPS) is 12.1. The second-order valence-corrected chi connectivity index (χ2v) is 38.8. The second kappa shape index (κ2) is 32.4. The predicted octanol–water partition coefficient (Wildman–Crippen LogP) is 37.8. The molecule has 0 spiro atoms. The zero-order valence-corrected chi connectivity index (χ0v) is 79.4. The molecule has 0 saturated carbocycles. The van der Waals surface area contributed by atoms with Gasteiger partial charge in [0, 0.05) is 115 Å². The minimum absolute atomic E-state index is 0.909. The molecule has 9 aromatic heterocycles. The van der Waals surface area contributed by atoms with Gasteiger partial charge in [0.2, 0.25) is 0 Å². The molecule has 0 aliphatic rings. The minimum Gasteiger partial charge on any atom is -0.455 e. The molecule has 0 radical (unpaired) electrons. The maximum absolute atomic E-state index is 6.70. The molecule has 24 aromatic carbocycles. The van der Waals surface area contributed by atoms with Gasteiger partial charge in [0.05, 0.1) is 82.4 Å². The molecule has 0 atom stereocenters. The van der Waals surface area contributed by atoms with Crippen molar-refractivity contribution < 1.29 is 13.3 Å². The van der Waals surface area contributed by atoms with Gasteiger partial charge >= 0.3 is 0 Å². The first kappa shape index (κ1) is 82.0. The van der Waals surface area contributed by atoms with Crippen LogP contribution in [0.4, 0.5) is 0 Å². The molecule has 684 valence electrons. The number of rotatable bonds is 9. The summed E-state index contributed by atoms with van der Waals surface area (Å²) in [7, 11) is 0. The fourth-order valence-electron chi connectivity index (χ4n) is 24.4. The van der Waals surface area contributed by atoms with Crippen LogP contribution in [0.3, 0.4) is 0 Å². The van der Waals surface area contributed by atoms with Crippen molar-refractivity contribution in [3.8, 4) is 67.5 Å². The Hall–Kier alpha value is -19.7. The number of nitrogens with zero attached hydrogens (tertiary/aromatic N) is 6. The summed E-state index contributed by atoms with van der Waals surface area (Å²) in [5, 5.41) is 28.5. The first-order valence-corrected chi connectivity index (χ1v) is 50.3. The third kappa shape index (κ3) is 12.5. The molecule has 0 fully saturated rings. The molecule has 0 N–H and O–H groups in total. The van der Waals surface area contributed by atoms with E-state index in [9.17, 15) is 0 Å². The largest absolute Gasteiger partial charge is 0.455 e. The molecule has 147 heavy (non-hydrogen) atoms. The van der Waals surface area contributed by atoms with Crippen molar-refractivity contribution in [3.05, 3.63) is 510 Å². The summed E-state index contributed by atoms with van der Waals surface area (Å²) in [5.41, 5.74) is 33.6. The van der Waals surface area contributed by atoms with E-state index in [2.05, 4.69) is 519 Å². The summed E-state index contributed by atoms with van der Waals surface area (Å²) < 4.78 is 34.7. The Kier molecular flexibility index (Phi) is 18.1. The maximum atomic E-state index is 6.70. The van der Waals surface area contributed by atoms with E-state index in [0.29, 0.717) is 0 Å². The lowest BCUT2D eigenvalue weighted by atomic mass is 10.0. The Morgan fingerprint density at radius 2 is 0.367 bits per heavy atom. The van der Waals surface area contributed by atoms with Crippen LogP contribution >= 0.6 is 0 Å². The molecule has 9 heteroatoms. The number of para-hydroxylation sites is 6. The average molecular weight is 1870 g/mol. The van der Waals surface area contributed by atoms with Gasteiger partial charge in [-0.05, 0) is 248 Å². The van der Waals surface area contributed by atoms with Crippen molar-refractivity contribution in [2.45, 2.75) is 0 Å². The molecule has 0 amide bonds. The van der Waals surface area contributed by atoms with E-state index >= 15 is 0 Å². The highest BCUT2D eigenvalue weighted by atomic mass is 16.3. The monoisotopic (exact) mass is 1870 g/mol. The summed E-state index contributed by atoms with van der Waals surface area (Å²) in [6, 6.07) is 184. The van der Waals surface area contributed by atoms with Crippen LogP contribution < -0.4 is 0 Å². The van der Waals surface area contributed by atoms with Crippen molar-refractivity contribution in [1.82, 2.24) is 27.4 Å². The molecule has 9 nitrogen and oxygen atoms in total. The molecule has 0 saturated heterocycles. The molecule has 0 aliphatic heterocycles. The molecule has 0 bridgehead atoms. The molecule has 0 aliphatic carbocycles. The predicted molar refractivity (Wildman–Crippen MR) is 616 cm³/mol. The van der Waals surface area contributed by atoms with Crippen molar-refractivity contribution in [1.29, 1.82) is 0 Å². The Morgan fingerprint density at radius 1 is 0.122 bits per heavy atom. The number of aromatic nitrogens is 6. The van der Waals surface area contributed by atoms with Crippen molar-refractivity contribution in [2.24, 2.45) is 0 Å². The lowest BCUT2D eigenvalue weighted by molar-refractivity contribution is 0.672. The van der Waals surface area contributed by atoms with Crippen LogP contribution in [0.1, 0.15) is 0 Å². The van der Waals surface area contributed by atoms with Crippen LogP contribution in [0.25, 0.3) is 296 Å². The molecule has 9 heterocycles. The van der Waals surface area contributed by atoms with Crippen LogP contribution in [0, 0.1) is 0 Å². The zero-order valence-electron chi connectivity index (χ0n) is 79.4. The van der Waals surface area contributed by atoms with Crippen molar-refractivity contribution >= 4 is 229 Å². The van der Waals surface area contributed by atoms with Crippen molar-refractivity contribution in [3.63, 3.8) is 0 Å². The SMILES string of the molecule is c1ccc(-c2ccc(-n3c4ccc5c6ccccc6oc5c4c4ccc5c(c6ccccc6n5-c5ccc6ccccc6c5)c43)cc2)cc1.c1ccc(-c2ccc(-n3c4ccccc4c4c3ccc3c5c6oc7ccccc7c6ccc5n(-c5ccc6ccccc6c5)c34)cc2)cc1.c1ccc(-c2cccc(-n3c4ccccc4c4c3ccc3c5c6oc7ccccc7c6ccc5n(-c5ccc6ccccc6c5)c34)c2)cc1. The summed E-state index contributed by atoms with van der Waals surface area (Å²) in [4.78, 5) is 0. The lowest BCUT2D eigenvalue weighted by Crippen LogP contribution is -1.96. The minimum atomic E-state index is 0.909.